The molecule has 0 N–H and O–H groups in total. The summed E-state index contributed by atoms with van der Waals surface area (Å²) in [7, 11) is 0. The van der Waals surface area contributed by atoms with Crippen molar-refractivity contribution in [3.05, 3.63) is 17.3 Å². The number of anilines is 1. The van der Waals surface area contributed by atoms with Gasteiger partial charge in [-0.15, -0.1) is 10.2 Å². The van der Waals surface area contributed by atoms with Crippen LogP contribution in [0, 0.1) is 0 Å². The van der Waals surface area contributed by atoms with Gasteiger partial charge in [0, 0.05) is 13.1 Å². The summed E-state index contributed by atoms with van der Waals surface area (Å²) in [6, 6.07) is 3.70. The number of hydrogen-bond donors (Lipinski definition) is 0. The molecule has 80 valence electrons. The number of ether oxygens (including phenoxy) is 1. The number of hydrogen-bond acceptors (Lipinski definition) is 4. The van der Waals surface area contributed by atoms with Crippen LogP contribution in [0.5, 0.6) is 0 Å². The minimum Gasteiger partial charge on any atom is -0.371 e. The van der Waals surface area contributed by atoms with Gasteiger partial charge < -0.3 is 9.64 Å². The maximum absolute atomic E-state index is 5.76. The van der Waals surface area contributed by atoms with Crippen molar-refractivity contribution in [1.82, 2.24) is 10.2 Å². The van der Waals surface area contributed by atoms with Gasteiger partial charge in [-0.2, -0.15) is 0 Å². The number of fused-ring (bicyclic) bond motifs is 2. The molecule has 0 spiro atoms. The van der Waals surface area contributed by atoms with Crippen molar-refractivity contribution in [1.29, 1.82) is 0 Å². The van der Waals surface area contributed by atoms with Crippen LogP contribution in [-0.4, -0.2) is 35.5 Å². The average Bonchev–Trinajstić information content (AvgIpc) is 2.59. The molecule has 2 atom stereocenters. The molecule has 0 amide bonds. The largest absolute Gasteiger partial charge is 0.371 e. The molecular formula is C10H12ClN3O. The van der Waals surface area contributed by atoms with Crippen LogP contribution in [0.25, 0.3) is 0 Å². The smallest absolute Gasteiger partial charge is 0.151 e. The highest BCUT2D eigenvalue weighted by Crippen LogP contribution is 2.28. The molecule has 0 aliphatic carbocycles. The first-order valence-corrected chi connectivity index (χ1v) is 5.59. The summed E-state index contributed by atoms with van der Waals surface area (Å²) in [5.41, 5.74) is 0. The summed E-state index contributed by atoms with van der Waals surface area (Å²) in [6.07, 6.45) is 3.09. The van der Waals surface area contributed by atoms with Gasteiger partial charge in [0.15, 0.2) is 11.0 Å². The average molecular weight is 226 g/mol. The molecule has 5 heteroatoms. The summed E-state index contributed by atoms with van der Waals surface area (Å²) in [5.74, 6) is 0.902. The summed E-state index contributed by atoms with van der Waals surface area (Å²) >= 11 is 5.70. The first-order chi connectivity index (χ1) is 7.31. The fraction of sp³-hybridized carbons (Fsp3) is 0.600. The molecule has 1 aromatic rings. The number of morpholine rings is 1. The highest BCUT2D eigenvalue weighted by molar-refractivity contribution is 6.29. The van der Waals surface area contributed by atoms with Gasteiger partial charge in [-0.05, 0) is 25.0 Å². The minimum atomic E-state index is 0.376. The van der Waals surface area contributed by atoms with Gasteiger partial charge in [0.1, 0.15) is 0 Å². The van der Waals surface area contributed by atoms with Gasteiger partial charge in [-0.1, -0.05) is 11.6 Å². The van der Waals surface area contributed by atoms with E-state index in [1.54, 1.807) is 6.07 Å². The van der Waals surface area contributed by atoms with Crippen molar-refractivity contribution in [3.8, 4) is 0 Å². The molecule has 2 aliphatic rings. The van der Waals surface area contributed by atoms with E-state index < -0.39 is 0 Å². The third-order valence-electron chi connectivity index (χ3n) is 2.99. The Morgan fingerprint density at radius 2 is 1.93 bits per heavy atom. The van der Waals surface area contributed by atoms with Crippen LogP contribution < -0.4 is 4.90 Å². The second kappa shape index (κ2) is 3.61. The van der Waals surface area contributed by atoms with E-state index in [0.29, 0.717) is 17.4 Å². The zero-order valence-electron chi connectivity index (χ0n) is 8.27. The summed E-state index contributed by atoms with van der Waals surface area (Å²) in [6.45, 7) is 1.85. The van der Waals surface area contributed by atoms with Crippen molar-refractivity contribution in [2.24, 2.45) is 0 Å². The van der Waals surface area contributed by atoms with Crippen molar-refractivity contribution >= 4 is 17.4 Å². The van der Waals surface area contributed by atoms with Gasteiger partial charge in [0.2, 0.25) is 0 Å². The van der Waals surface area contributed by atoms with Crippen LogP contribution in [0.2, 0.25) is 5.15 Å². The van der Waals surface area contributed by atoms with Crippen LogP contribution in [0.15, 0.2) is 12.1 Å². The molecule has 2 bridgehead atoms. The number of rotatable bonds is 1. The zero-order valence-corrected chi connectivity index (χ0v) is 9.02. The van der Waals surface area contributed by atoms with Crippen molar-refractivity contribution in [2.75, 3.05) is 18.0 Å². The molecule has 0 radical (unpaired) electrons. The lowest BCUT2D eigenvalue weighted by molar-refractivity contribution is 0.0302. The van der Waals surface area contributed by atoms with Gasteiger partial charge in [0.05, 0.1) is 12.2 Å². The third kappa shape index (κ3) is 1.79. The van der Waals surface area contributed by atoms with Gasteiger partial charge >= 0.3 is 0 Å². The molecule has 0 aromatic carbocycles. The molecule has 3 rings (SSSR count). The second-order valence-electron chi connectivity index (χ2n) is 4.08. The Labute approximate surface area is 93.2 Å². The molecule has 3 heterocycles. The Morgan fingerprint density at radius 1 is 1.20 bits per heavy atom. The zero-order chi connectivity index (χ0) is 10.3. The second-order valence-corrected chi connectivity index (χ2v) is 4.46. The van der Waals surface area contributed by atoms with E-state index in [-0.39, 0.29) is 0 Å². The van der Waals surface area contributed by atoms with E-state index in [1.807, 2.05) is 6.07 Å². The van der Waals surface area contributed by atoms with Crippen LogP contribution >= 0.6 is 11.6 Å². The summed E-state index contributed by atoms with van der Waals surface area (Å²) in [5, 5.41) is 8.38. The Kier molecular flexibility index (Phi) is 2.25. The Bertz CT molecular complexity index is 344. The van der Waals surface area contributed by atoms with Crippen LogP contribution in [0.1, 0.15) is 12.8 Å². The van der Waals surface area contributed by atoms with Crippen molar-refractivity contribution in [2.45, 2.75) is 25.0 Å². The van der Waals surface area contributed by atoms with E-state index in [0.717, 1.165) is 18.9 Å². The monoisotopic (exact) mass is 225 g/mol. The molecule has 2 saturated heterocycles. The Balaban J connectivity index is 1.80. The summed E-state index contributed by atoms with van der Waals surface area (Å²) in [4.78, 5) is 2.23. The van der Waals surface area contributed by atoms with Crippen molar-refractivity contribution in [3.63, 3.8) is 0 Å². The van der Waals surface area contributed by atoms with Gasteiger partial charge in [-0.25, -0.2) is 0 Å². The van der Waals surface area contributed by atoms with E-state index in [4.69, 9.17) is 16.3 Å². The molecule has 4 nitrogen and oxygen atoms in total. The van der Waals surface area contributed by atoms with E-state index in [1.165, 1.54) is 12.8 Å². The standard InChI is InChI=1S/C10H12ClN3O/c11-9-3-4-10(13-12-9)14-5-7-1-2-8(6-14)15-7/h3-4,7-8H,1-2,5-6H2. The van der Waals surface area contributed by atoms with E-state index >= 15 is 0 Å². The Hall–Kier alpha value is -0.870. The maximum atomic E-state index is 5.76. The molecule has 2 aliphatic heterocycles. The molecule has 2 unspecified atom stereocenters. The Morgan fingerprint density at radius 3 is 2.53 bits per heavy atom. The third-order valence-corrected chi connectivity index (χ3v) is 3.19. The molecular weight excluding hydrogens is 214 g/mol. The number of halogens is 1. The first kappa shape index (κ1) is 9.36. The highest BCUT2D eigenvalue weighted by atomic mass is 35.5. The van der Waals surface area contributed by atoms with Crippen molar-refractivity contribution < 1.29 is 4.74 Å². The normalized spacial score (nSPS) is 29.5. The lowest BCUT2D eigenvalue weighted by Crippen LogP contribution is -2.43. The summed E-state index contributed by atoms with van der Waals surface area (Å²) < 4.78 is 5.76. The van der Waals surface area contributed by atoms with Crippen LogP contribution in [0.4, 0.5) is 5.82 Å². The van der Waals surface area contributed by atoms with E-state index in [9.17, 15) is 0 Å². The van der Waals surface area contributed by atoms with Gasteiger partial charge in [-0.3, -0.25) is 0 Å². The maximum Gasteiger partial charge on any atom is 0.151 e. The lowest BCUT2D eigenvalue weighted by atomic mass is 10.2. The SMILES string of the molecule is Clc1ccc(N2CC3CCC(C2)O3)nn1. The molecule has 15 heavy (non-hydrogen) atoms. The molecule has 1 aromatic heterocycles. The van der Waals surface area contributed by atoms with Crippen LogP contribution in [-0.2, 0) is 4.74 Å². The molecule has 0 saturated carbocycles. The lowest BCUT2D eigenvalue weighted by Gasteiger charge is -2.32. The quantitative estimate of drug-likeness (QED) is 0.726. The van der Waals surface area contributed by atoms with Crippen LogP contribution in [0.3, 0.4) is 0 Å². The molecule has 2 fully saturated rings. The topological polar surface area (TPSA) is 38.2 Å². The predicted molar refractivity (Wildman–Crippen MR) is 57.2 cm³/mol. The fourth-order valence-corrected chi connectivity index (χ4v) is 2.38. The number of nitrogens with zero attached hydrogens (tertiary/aromatic N) is 3. The van der Waals surface area contributed by atoms with Gasteiger partial charge in [0.25, 0.3) is 0 Å². The first-order valence-electron chi connectivity index (χ1n) is 5.21. The fourth-order valence-electron chi connectivity index (χ4n) is 2.28. The highest BCUT2D eigenvalue weighted by Gasteiger charge is 2.34. The minimum absolute atomic E-state index is 0.376. The number of aromatic nitrogens is 2. The predicted octanol–water partition coefficient (Wildman–Crippen LogP) is 1.50. The van der Waals surface area contributed by atoms with E-state index in [2.05, 4.69) is 15.1 Å².